The van der Waals surface area contributed by atoms with Crippen LogP contribution >= 0.6 is 11.3 Å². The minimum atomic E-state index is -0.530. The number of hydrogen-bond donors (Lipinski definition) is 0. The molecule has 154 valence electrons. The molecule has 2 aromatic carbocycles. The number of thiazole rings is 1. The second-order valence-electron chi connectivity index (χ2n) is 6.51. The van der Waals surface area contributed by atoms with E-state index in [1.165, 1.54) is 64.5 Å². The average molecular weight is 427 g/mol. The highest BCUT2D eigenvalue weighted by Crippen LogP contribution is 2.30. The lowest BCUT2D eigenvalue weighted by Crippen LogP contribution is -2.24. The standard InChI is InChI=1S/C22H19F2N3O2S/c1-15(28)27(20-6-4-3-5-19(20)24)22-25-18(14-30-22)11-12-21(29)26(2)13-16-7-9-17(23)10-8-16/h3-12,14H,13H2,1-2H3. The largest absolute Gasteiger partial charge is 0.338 e. The topological polar surface area (TPSA) is 53.5 Å². The van der Waals surface area contributed by atoms with Crippen LogP contribution < -0.4 is 4.90 Å². The molecule has 0 saturated carbocycles. The summed E-state index contributed by atoms with van der Waals surface area (Å²) in [6.45, 7) is 1.66. The quantitative estimate of drug-likeness (QED) is 0.532. The lowest BCUT2D eigenvalue weighted by atomic mass is 10.2. The van der Waals surface area contributed by atoms with E-state index in [2.05, 4.69) is 4.98 Å². The summed E-state index contributed by atoms with van der Waals surface area (Å²) >= 11 is 1.17. The van der Waals surface area contributed by atoms with E-state index in [-0.39, 0.29) is 23.3 Å². The summed E-state index contributed by atoms with van der Waals surface area (Å²) < 4.78 is 27.1. The van der Waals surface area contributed by atoms with E-state index in [0.717, 1.165) is 5.56 Å². The summed E-state index contributed by atoms with van der Waals surface area (Å²) in [6.07, 6.45) is 2.90. The molecule has 0 aliphatic carbocycles. The molecule has 3 rings (SSSR count). The van der Waals surface area contributed by atoms with Crippen LogP contribution in [0.5, 0.6) is 0 Å². The molecule has 3 aromatic rings. The highest BCUT2D eigenvalue weighted by atomic mass is 32.1. The number of amides is 2. The molecular formula is C22H19F2N3O2S. The average Bonchev–Trinajstić information content (AvgIpc) is 3.17. The Kier molecular flexibility index (Phi) is 6.68. The first-order valence-corrected chi connectivity index (χ1v) is 9.91. The second-order valence-corrected chi connectivity index (χ2v) is 7.35. The maximum atomic E-state index is 14.1. The van der Waals surface area contributed by atoms with Crippen LogP contribution in [0.2, 0.25) is 0 Å². The van der Waals surface area contributed by atoms with Crippen LogP contribution in [-0.2, 0) is 16.1 Å². The lowest BCUT2D eigenvalue weighted by Gasteiger charge is -2.18. The summed E-state index contributed by atoms with van der Waals surface area (Å²) in [5.41, 5.74) is 1.39. The second kappa shape index (κ2) is 9.41. The van der Waals surface area contributed by atoms with Crippen molar-refractivity contribution in [3.8, 4) is 0 Å². The van der Waals surface area contributed by atoms with Crippen molar-refractivity contribution in [3.05, 3.63) is 82.9 Å². The van der Waals surface area contributed by atoms with E-state index in [0.29, 0.717) is 17.4 Å². The van der Waals surface area contributed by atoms with Gasteiger partial charge in [-0.2, -0.15) is 0 Å². The molecule has 5 nitrogen and oxygen atoms in total. The number of carbonyl (C=O) groups is 2. The molecule has 0 saturated heterocycles. The summed E-state index contributed by atoms with van der Waals surface area (Å²) in [4.78, 5) is 31.4. The molecule has 1 aromatic heterocycles. The third-order valence-corrected chi connectivity index (χ3v) is 5.06. The van der Waals surface area contributed by atoms with Crippen LogP contribution in [0, 0.1) is 11.6 Å². The fraction of sp³-hybridized carbons (Fsp3) is 0.136. The van der Waals surface area contributed by atoms with Crippen LogP contribution in [0.1, 0.15) is 18.2 Å². The zero-order chi connectivity index (χ0) is 21.7. The van der Waals surface area contributed by atoms with Gasteiger partial charge in [0.15, 0.2) is 5.13 Å². The van der Waals surface area contributed by atoms with E-state index in [9.17, 15) is 18.4 Å². The number of halogens is 2. The van der Waals surface area contributed by atoms with Gasteiger partial charge in [-0.25, -0.2) is 13.8 Å². The molecule has 30 heavy (non-hydrogen) atoms. The van der Waals surface area contributed by atoms with Crippen molar-refractivity contribution in [3.63, 3.8) is 0 Å². The van der Waals surface area contributed by atoms with Gasteiger partial charge in [0.2, 0.25) is 11.8 Å². The number of para-hydroxylation sites is 1. The van der Waals surface area contributed by atoms with E-state index in [1.807, 2.05) is 0 Å². The minimum Gasteiger partial charge on any atom is -0.338 e. The van der Waals surface area contributed by atoms with Crippen molar-refractivity contribution in [2.75, 3.05) is 11.9 Å². The molecule has 2 amide bonds. The molecule has 0 bridgehead atoms. The van der Waals surface area contributed by atoms with Crippen LogP contribution in [0.25, 0.3) is 6.08 Å². The molecule has 0 aliphatic rings. The van der Waals surface area contributed by atoms with E-state index in [1.54, 1.807) is 36.7 Å². The minimum absolute atomic E-state index is 0.116. The van der Waals surface area contributed by atoms with E-state index >= 15 is 0 Å². The predicted octanol–water partition coefficient (Wildman–Crippen LogP) is 4.78. The van der Waals surface area contributed by atoms with Gasteiger partial charge in [-0.1, -0.05) is 24.3 Å². The summed E-state index contributed by atoms with van der Waals surface area (Å²) in [5.74, 6) is -1.49. The third kappa shape index (κ3) is 5.15. The third-order valence-electron chi connectivity index (χ3n) is 4.22. The van der Waals surface area contributed by atoms with Crippen molar-refractivity contribution < 1.29 is 18.4 Å². The molecule has 0 radical (unpaired) electrons. The van der Waals surface area contributed by atoms with Crippen molar-refractivity contribution in [1.82, 2.24) is 9.88 Å². The smallest absolute Gasteiger partial charge is 0.246 e. The van der Waals surface area contributed by atoms with Crippen LogP contribution in [0.15, 0.2) is 60.0 Å². The summed E-state index contributed by atoms with van der Waals surface area (Å²) in [5, 5.41) is 1.98. The van der Waals surface area contributed by atoms with Crippen LogP contribution in [0.3, 0.4) is 0 Å². The van der Waals surface area contributed by atoms with Gasteiger partial charge >= 0.3 is 0 Å². The monoisotopic (exact) mass is 427 g/mol. The van der Waals surface area contributed by atoms with Crippen molar-refractivity contribution in [2.24, 2.45) is 0 Å². The number of rotatable bonds is 6. The Labute approximate surface area is 176 Å². The Bertz CT molecular complexity index is 1080. The Morgan fingerprint density at radius 3 is 2.47 bits per heavy atom. The molecule has 0 unspecified atom stereocenters. The van der Waals surface area contributed by atoms with Gasteiger partial charge in [0.25, 0.3) is 0 Å². The number of carbonyl (C=O) groups excluding carboxylic acids is 2. The van der Waals surface area contributed by atoms with Gasteiger partial charge in [0, 0.05) is 32.0 Å². The van der Waals surface area contributed by atoms with Gasteiger partial charge < -0.3 is 4.90 Å². The normalized spacial score (nSPS) is 10.9. The number of aromatic nitrogens is 1. The molecule has 0 fully saturated rings. The Morgan fingerprint density at radius 1 is 1.10 bits per heavy atom. The highest BCUT2D eigenvalue weighted by molar-refractivity contribution is 7.14. The Morgan fingerprint density at radius 2 is 1.80 bits per heavy atom. The number of likely N-dealkylation sites (N-methyl/N-ethyl adjacent to an activating group) is 1. The van der Waals surface area contributed by atoms with Crippen molar-refractivity contribution in [1.29, 1.82) is 0 Å². The Hall–Kier alpha value is -3.39. The van der Waals surface area contributed by atoms with Gasteiger partial charge in [-0.3, -0.25) is 14.5 Å². The predicted molar refractivity (Wildman–Crippen MR) is 113 cm³/mol. The fourth-order valence-electron chi connectivity index (χ4n) is 2.72. The zero-order valence-electron chi connectivity index (χ0n) is 16.4. The van der Waals surface area contributed by atoms with Crippen molar-refractivity contribution in [2.45, 2.75) is 13.5 Å². The fourth-order valence-corrected chi connectivity index (χ4v) is 3.57. The van der Waals surface area contributed by atoms with Gasteiger partial charge in [-0.05, 0) is 35.9 Å². The first kappa shape index (κ1) is 21.3. The number of benzene rings is 2. The SMILES string of the molecule is CC(=O)N(c1nc(C=CC(=O)N(C)Cc2ccc(F)cc2)cs1)c1ccccc1F. The molecule has 8 heteroatoms. The highest BCUT2D eigenvalue weighted by Gasteiger charge is 2.20. The maximum absolute atomic E-state index is 14.1. The molecule has 1 heterocycles. The van der Waals surface area contributed by atoms with Gasteiger partial charge in [-0.15, -0.1) is 11.3 Å². The summed E-state index contributed by atoms with van der Waals surface area (Å²) in [7, 11) is 1.64. The van der Waals surface area contributed by atoms with Gasteiger partial charge in [0.05, 0.1) is 11.4 Å². The van der Waals surface area contributed by atoms with Crippen molar-refractivity contribution >= 4 is 40.0 Å². The molecule has 0 N–H and O–H groups in total. The number of anilines is 2. The first-order valence-electron chi connectivity index (χ1n) is 9.03. The molecule has 0 aliphatic heterocycles. The zero-order valence-corrected chi connectivity index (χ0v) is 17.2. The summed E-state index contributed by atoms with van der Waals surface area (Å²) in [6, 6.07) is 11.9. The molecular weight excluding hydrogens is 408 g/mol. The molecule has 0 spiro atoms. The maximum Gasteiger partial charge on any atom is 0.246 e. The number of nitrogens with zero attached hydrogens (tertiary/aromatic N) is 3. The van der Waals surface area contributed by atoms with E-state index < -0.39 is 5.82 Å². The van der Waals surface area contributed by atoms with Crippen LogP contribution in [0.4, 0.5) is 19.6 Å². The Balaban J connectivity index is 1.71. The van der Waals surface area contributed by atoms with E-state index in [4.69, 9.17) is 0 Å². The first-order chi connectivity index (χ1) is 14.3. The van der Waals surface area contributed by atoms with Crippen LogP contribution in [-0.4, -0.2) is 28.7 Å². The lowest BCUT2D eigenvalue weighted by molar-refractivity contribution is -0.125. The number of hydrogen-bond acceptors (Lipinski definition) is 4. The molecule has 0 atom stereocenters. The van der Waals surface area contributed by atoms with Gasteiger partial charge in [0.1, 0.15) is 11.6 Å².